The summed E-state index contributed by atoms with van der Waals surface area (Å²) in [6.07, 6.45) is 1.35. The third-order valence-electron chi connectivity index (χ3n) is 1.33. The van der Waals surface area contributed by atoms with Crippen LogP contribution in [0.25, 0.3) is 0 Å². The van der Waals surface area contributed by atoms with E-state index in [1.54, 1.807) is 0 Å². The lowest BCUT2D eigenvalue weighted by Gasteiger charge is -2.00. The van der Waals surface area contributed by atoms with Crippen molar-refractivity contribution >= 4 is 17.8 Å². The van der Waals surface area contributed by atoms with E-state index < -0.39 is 17.8 Å². The molecule has 0 aromatic carbocycles. The van der Waals surface area contributed by atoms with Crippen molar-refractivity contribution in [1.29, 1.82) is 0 Å². The number of carboxylic acid groups (broad SMARTS) is 1. The Morgan fingerprint density at radius 3 is 2.31 bits per heavy atom. The summed E-state index contributed by atoms with van der Waals surface area (Å²) >= 11 is 0. The van der Waals surface area contributed by atoms with Gasteiger partial charge in [-0.3, -0.25) is 9.59 Å². The molecule has 74 valence electrons. The quantitative estimate of drug-likeness (QED) is 0.373. The van der Waals surface area contributed by atoms with Gasteiger partial charge in [-0.05, 0) is 12.8 Å². The lowest BCUT2D eigenvalue weighted by atomic mass is 10.2. The van der Waals surface area contributed by atoms with Crippen LogP contribution in [-0.2, 0) is 14.4 Å². The van der Waals surface area contributed by atoms with E-state index in [0.29, 0.717) is 12.8 Å². The van der Waals surface area contributed by atoms with E-state index >= 15 is 0 Å². The largest absolute Gasteiger partial charge is 0.474 e. The van der Waals surface area contributed by atoms with Gasteiger partial charge in [0.05, 0.1) is 0 Å². The number of carbonyl (C=O) groups excluding carboxylic acids is 2. The van der Waals surface area contributed by atoms with E-state index in [4.69, 9.17) is 10.8 Å². The molecular formula is C7H12N2O4. The first-order valence-corrected chi connectivity index (χ1v) is 3.83. The Balaban J connectivity index is 3.31. The molecule has 0 aliphatic carbocycles. The van der Waals surface area contributed by atoms with Crippen molar-refractivity contribution in [3.63, 3.8) is 0 Å². The highest BCUT2D eigenvalue weighted by atomic mass is 16.4. The number of carbonyl (C=O) groups is 3. The van der Waals surface area contributed by atoms with Crippen molar-refractivity contribution in [2.24, 2.45) is 5.73 Å². The number of nitrogens with one attached hydrogen (secondary N) is 1. The summed E-state index contributed by atoms with van der Waals surface area (Å²) < 4.78 is 0. The van der Waals surface area contributed by atoms with Gasteiger partial charge in [-0.15, -0.1) is 0 Å². The molecule has 0 atom stereocenters. The summed E-state index contributed by atoms with van der Waals surface area (Å²) in [5.41, 5.74) is 4.86. The number of unbranched alkanes of at least 4 members (excludes halogenated alkanes) is 1. The van der Waals surface area contributed by atoms with Crippen molar-refractivity contribution in [2.75, 3.05) is 6.54 Å². The number of hydrogen-bond donors (Lipinski definition) is 3. The number of rotatable bonds is 5. The van der Waals surface area contributed by atoms with Crippen molar-refractivity contribution < 1.29 is 19.5 Å². The number of carboxylic acids is 1. The number of amides is 2. The molecule has 0 aliphatic rings. The van der Waals surface area contributed by atoms with Gasteiger partial charge in [-0.2, -0.15) is 0 Å². The summed E-state index contributed by atoms with van der Waals surface area (Å²) in [5.74, 6) is -2.93. The van der Waals surface area contributed by atoms with Crippen LogP contribution >= 0.6 is 0 Å². The van der Waals surface area contributed by atoms with Crippen LogP contribution < -0.4 is 11.1 Å². The van der Waals surface area contributed by atoms with Crippen LogP contribution in [0.15, 0.2) is 0 Å². The molecule has 0 bridgehead atoms. The maximum absolute atomic E-state index is 10.4. The zero-order valence-corrected chi connectivity index (χ0v) is 7.08. The molecule has 2 amide bonds. The molecule has 0 heterocycles. The summed E-state index contributed by atoms with van der Waals surface area (Å²) in [6.45, 7) is 0.248. The smallest absolute Gasteiger partial charge is 0.394 e. The van der Waals surface area contributed by atoms with E-state index in [1.807, 2.05) is 0 Å². The van der Waals surface area contributed by atoms with Crippen LogP contribution in [0.4, 0.5) is 0 Å². The lowest BCUT2D eigenvalue weighted by molar-refractivity contribution is -0.150. The first-order valence-electron chi connectivity index (χ1n) is 3.83. The third kappa shape index (κ3) is 6.79. The molecule has 0 aromatic heterocycles. The second-order valence-electron chi connectivity index (χ2n) is 2.48. The molecule has 6 heteroatoms. The number of hydrogen-bond acceptors (Lipinski definition) is 3. The molecule has 0 saturated heterocycles. The van der Waals surface area contributed by atoms with Crippen LogP contribution in [0.3, 0.4) is 0 Å². The highest BCUT2D eigenvalue weighted by molar-refractivity contribution is 6.31. The van der Waals surface area contributed by atoms with E-state index in [-0.39, 0.29) is 13.0 Å². The second-order valence-corrected chi connectivity index (χ2v) is 2.48. The minimum absolute atomic E-state index is 0.248. The topological polar surface area (TPSA) is 109 Å². The fourth-order valence-electron chi connectivity index (χ4n) is 0.702. The average Bonchev–Trinajstić information content (AvgIpc) is 2.02. The Morgan fingerprint density at radius 2 is 1.85 bits per heavy atom. The predicted octanol–water partition coefficient (Wildman–Crippen LogP) is -1.16. The van der Waals surface area contributed by atoms with Crippen molar-refractivity contribution in [3.8, 4) is 0 Å². The van der Waals surface area contributed by atoms with Crippen LogP contribution in [-0.4, -0.2) is 29.4 Å². The van der Waals surface area contributed by atoms with Crippen molar-refractivity contribution in [3.05, 3.63) is 0 Å². The molecule has 0 fully saturated rings. The third-order valence-corrected chi connectivity index (χ3v) is 1.33. The Hall–Kier alpha value is -1.59. The highest BCUT2D eigenvalue weighted by Gasteiger charge is 2.08. The minimum atomic E-state index is -1.50. The van der Waals surface area contributed by atoms with E-state index in [2.05, 4.69) is 5.32 Å². The normalized spacial score (nSPS) is 9.23. The molecule has 0 rings (SSSR count). The van der Waals surface area contributed by atoms with Gasteiger partial charge >= 0.3 is 11.9 Å². The molecule has 0 spiro atoms. The Labute approximate surface area is 75.1 Å². The summed E-state index contributed by atoms with van der Waals surface area (Å²) in [4.78, 5) is 30.7. The molecule has 6 nitrogen and oxygen atoms in total. The molecule has 0 saturated carbocycles. The fourth-order valence-corrected chi connectivity index (χ4v) is 0.702. The molecule has 0 aromatic rings. The minimum Gasteiger partial charge on any atom is -0.474 e. The Bertz CT molecular complexity index is 215. The molecular weight excluding hydrogens is 176 g/mol. The van der Waals surface area contributed by atoms with Gasteiger partial charge in [0.2, 0.25) is 5.91 Å². The SMILES string of the molecule is NC(=O)CCCCNC(=O)C(=O)O. The van der Waals surface area contributed by atoms with E-state index in [0.717, 1.165) is 0 Å². The van der Waals surface area contributed by atoms with Gasteiger partial charge in [0.1, 0.15) is 0 Å². The number of primary amides is 1. The fraction of sp³-hybridized carbons (Fsp3) is 0.571. The zero-order valence-electron chi connectivity index (χ0n) is 7.08. The summed E-state index contributed by atoms with van der Waals surface area (Å²) in [6, 6.07) is 0. The van der Waals surface area contributed by atoms with E-state index in [9.17, 15) is 14.4 Å². The van der Waals surface area contributed by atoms with Crippen molar-refractivity contribution in [1.82, 2.24) is 5.32 Å². The van der Waals surface area contributed by atoms with Gasteiger partial charge < -0.3 is 16.2 Å². The van der Waals surface area contributed by atoms with Crippen LogP contribution in [0, 0.1) is 0 Å². The van der Waals surface area contributed by atoms with E-state index in [1.165, 1.54) is 0 Å². The van der Waals surface area contributed by atoms with Crippen LogP contribution in [0.1, 0.15) is 19.3 Å². The molecule has 4 N–H and O–H groups in total. The van der Waals surface area contributed by atoms with Gasteiger partial charge in [0.15, 0.2) is 0 Å². The average molecular weight is 188 g/mol. The molecule has 0 unspecified atom stereocenters. The summed E-state index contributed by atoms with van der Waals surface area (Å²) in [5, 5.41) is 10.3. The molecule has 0 aliphatic heterocycles. The first-order chi connectivity index (χ1) is 6.04. The maximum atomic E-state index is 10.4. The molecule has 13 heavy (non-hydrogen) atoms. The monoisotopic (exact) mass is 188 g/mol. The summed E-state index contributed by atoms with van der Waals surface area (Å²) in [7, 11) is 0. The van der Waals surface area contributed by atoms with Gasteiger partial charge in [-0.25, -0.2) is 4.79 Å². The second kappa shape index (κ2) is 5.99. The standard InChI is InChI=1S/C7H12N2O4/c8-5(10)3-1-2-4-9-6(11)7(12)13/h1-4H2,(H2,8,10)(H,9,11)(H,12,13). The lowest BCUT2D eigenvalue weighted by Crippen LogP contribution is -2.31. The number of aliphatic carboxylic acids is 1. The number of nitrogens with two attached hydrogens (primary N) is 1. The predicted molar refractivity (Wildman–Crippen MR) is 43.7 cm³/mol. The Morgan fingerprint density at radius 1 is 1.23 bits per heavy atom. The van der Waals surface area contributed by atoms with Crippen LogP contribution in [0.5, 0.6) is 0 Å². The van der Waals surface area contributed by atoms with Gasteiger partial charge in [0, 0.05) is 13.0 Å². The first kappa shape index (κ1) is 11.4. The highest BCUT2D eigenvalue weighted by Crippen LogP contribution is 1.91. The Kier molecular flexibility index (Phi) is 5.25. The zero-order chi connectivity index (χ0) is 10.3. The van der Waals surface area contributed by atoms with Gasteiger partial charge in [-0.1, -0.05) is 0 Å². The maximum Gasteiger partial charge on any atom is 0.394 e. The van der Waals surface area contributed by atoms with Gasteiger partial charge in [0.25, 0.3) is 0 Å². The molecule has 0 radical (unpaired) electrons. The van der Waals surface area contributed by atoms with Crippen molar-refractivity contribution in [2.45, 2.75) is 19.3 Å². The van der Waals surface area contributed by atoms with Crippen LogP contribution in [0.2, 0.25) is 0 Å².